The molecule has 5 nitrogen and oxygen atoms in total. The highest BCUT2D eigenvalue weighted by molar-refractivity contribution is 5.33. The highest BCUT2D eigenvalue weighted by Crippen LogP contribution is 2.41. The smallest absolute Gasteiger partial charge is 0.137 e. The molecule has 0 amide bonds. The number of hydrogen-bond acceptors (Lipinski definition) is 3. The number of nitrogens with one attached hydrogen (secondary N) is 1. The number of fused-ring (bicyclic) bond motifs is 1. The van der Waals surface area contributed by atoms with Gasteiger partial charge in [0.2, 0.25) is 0 Å². The van der Waals surface area contributed by atoms with Crippen LogP contribution in [0.2, 0.25) is 0 Å². The summed E-state index contributed by atoms with van der Waals surface area (Å²) in [5.74, 6) is 0.939. The average molecular weight is 288 g/mol. The van der Waals surface area contributed by atoms with E-state index in [9.17, 15) is 5.11 Å². The van der Waals surface area contributed by atoms with E-state index in [0.717, 1.165) is 43.6 Å². The van der Waals surface area contributed by atoms with E-state index in [1.165, 1.54) is 11.4 Å². The summed E-state index contributed by atoms with van der Waals surface area (Å²) in [6.07, 6.45) is 5.04. The van der Waals surface area contributed by atoms with Gasteiger partial charge in [-0.25, -0.2) is 4.98 Å². The number of aromatic amines is 1. The zero-order valence-electron chi connectivity index (χ0n) is 13.1. The molecular weight excluding hydrogens is 264 g/mol. The van der Waals surface area contributed by atoms with Gasteiger partial charge in [-0.1, -0.05) is 13.8 Å². The number of aromatic nitrogens is 4. The fourth-order valence-corrected chi connectivity index (χ4v) is 3.47. The SMILES string of the molecule is Cc1cc2c(n1CCCc1ncn[nH]1)CC(C)(C)CC2O. The summed E-state index contributed by atoms with van der Waals surface area (Å²) in [6.45, 7) is 7.57. The van der Waals surface area contributed by atoms with Crippen LogP contribution in [0.4, 0.5) is 0 Å². The second kappa shape index (κ2) is 5.30. The first-order valence-electron chi connectivity index (χ1n) is 7.67. The fraction of sp³-hybridized carbons (Fsp3) is 0.625. The first-order chi connectivity index (χ1) is 9.96. The van der Waals surface area contributed by atoms with Crippen LogP contribution in [-0.4, -0.2) is 24.9 Å². The Hall–Kier alpha value is -1.62. The van der Waals surface area contributed by atoms with Gasteiger partial charge in [-0.05, 0) is 37.7 Å². The van der Waals surface area contributed by atoms with Crippen LogP contribution in [0.5, 0.6) is 0 Å². The lowest BCUT2D eigenvalue weighted by atomic mass is 9.75. The van der Waals surface area contributed by atoms with E-state index in [2.05, 4.69) is 46.6 Å². The molecule has 0 radical (unpaired) electrons. The molecule has 0 bridgehead atoms. The molecule has 2 aromatic heterocycles. The highest BCUT2D eigenvalue weighted by atomic mass is 16.3. The number of rotatable bonds is 4. The van der Waals surface area contributed by atoms with E-state index in [0.29, 0.717) is 0 Å². The first-order valence-corrected chi connectivity index (χ1v) is 7.67. The normalized spacial score (nSPS) is 20.5. The third-order valence-corrected chi connectivity index (χ3v) is 4.46. The van der Waals surface area contributed by atoms with Gasteiger partial charge >= 0.3 is 0 Å². The van der Waals surface area contributed by atoms with Crippen LogP contribution in [-0.2, 0) is 19.4 Å². The van der Waals surface area contributed by atoms with Crippen molar-refractivity contribution in [1.82, 2.24) is 19.7 Å². The third-order valence-electron chi connectivity index (χ3n) is 4.46. The third kappa shape index (κ3) is 2.88. The standard InChI is InChI=1S/C16H24N4O/c1-11-7-12-13(8-16(2,3)9-14(12)21)20(11)6-4-5-15-17-10-18-19-15/h7,10,14,21H,4-6,8-9H2,1-3H3,(H,17,18,19). The number of nitrogens with zero attached hydrogens (tertiary/aromatic N) is 3. The molecule has 0 aliphatic heterocycles. The van der Waals surface area contributed by atoms with Crippen molar-refractivity contribution in [3.8, 4) is 0 Å². The van der Waals surface area contributed by atoms with Gasteiger partial charge in [0.05, 0.1) is 6.10 Å². The van der Waals surface area contributed by atoms with Crippen LogP contribution < -0.4 is 0 Å². The monoisotopic (exact) mass is 288 g/mol. The molecule has 2 N–H and O–H groups in total. The van der Waals surface area contributed by atoms with Crippen molar-refractivity contribution >= 4 is 0 Å². The van der Waals surface area contributed by atoms with Crippen molar-refractivity contribution < 1.29 is 5.11 Å². The Morgan fingerprint density at radius 2 is 2.29 bits per heavy atom. The van der Waals surface area contributed by atoms with Crippen LogP contribution in [0.1, 0.15) is 55.6 Å². The van der Waals surface area contributed by atoms with Gasteiger partial charge in [0, 0.05) is 29.9 Å². The first kappa shape index (κ1) is 14.3. The second-order valence-corrected chi connectivity index (χ2v) is 6.94. The van der Waals surface area contributed by atoms with Crippen molar-refractivity contribution in [2.24, 2.45) is 5.41 Å². The Morgan fingerprint density at radius 1 is 1.48 bits per heavy atom. The van der Waals surface area contributed by atoms with E-state index >= 15 is 0 Å². The molecule has 1 aliphatic carbocycles. The molecule has 5 heteroatoms. The molecule has 1 atom stereocenters. The summed E-state index contributed by atoms with van der Waals surface area (Å²) >= 11 is 0. The van der Waals surface area contributed by atoms with Gasteiger partial charge in [-0.3, -0.25) is 5.10 Å². The maximum absolute atomic E-state index is 10.4. The van der Waals surface area contributed by atoms with E-state index in [-0.39, 0.29) is 11.5 Å². The van der Waals surface area contributed by atoms with E-state index in [1.54, 1.807) is 6.33 Å². The molecule has 1 aliphatic rings. The number of aliphatic hydroxyl groups excluding tert-OH is 1. The van der Waals surface area contributed by atoms with Crippen LogP contribution in [0.25, 0.3) is 0 Å². The quantitative estimate of drug-likeness (QED) is 0.908. The summed E-state index contributed by atoms with van der Waals surface area (Å²) in [5.41, 5.74) is 3.86. The van der Waals surface area contributed by atoms with Crippen molar-refractivity contribution in [2.45, 2.75) is 59.1 Å². The van der Waals surface area contributed by atoms with Crippen molar-refractivity contribution in [2.75, 3.05) is 0 Å². The zero-order valence-corrected chi connectivity index (χ0v) is 13.1. The molecule has 0 aromatic carbocycles. The van der Waals surface area contributed by atoms with Gasteiger partial charge in [0.1, 0.15) is 12.2 Å². The van der Waals surface area contributed by atoms with Crippen LogP contribution in [0, 0.1) is 12.3 Å². The van der Waals surface area contributed by atoms with E-state index < -0.39 is 0 Å². The van der Waals surface area contributed by atoms with E-state index in [4.69, 9.17) is 0 Å². The lowest BCUT2D eigenvalue weighted by Gasteiger charge is -2.34. The molecule has 2 aromatic rings. The molecule has 3 rings (SSSR count). The Labute approximate surface area is 125 Å². The number of aliphatic hydroxyl groups is 1. The maximum atomic E-state index is 10.4. The summed E-state index contributed by atoms with van der Waals surface area (Å²) < 4.78 is 2.37. The lowest BCUT2D eigenvalue weighted by molar-refractivity contribution is 0.0979. The minimum absolute atomic E-state index is 0.167. The average Bonchev–Trinajstić information content (AvgIpc) is 2.99. The van der Waals surface area contributed by atoms with Gasteiger partial charge in [0.15, 0.2) is 0 Å². The predicted octanol–water partition coefficient (Wildman–Crippen LogP) is 2.55. The maximum Gasteiger partial charge on any atom is 0.137 e. The zero-order chi connectivity index (χ0) is 15.0. The lowest BCUT2D eigenvalue weighted by Crippen LogP contribution is -2.27. The van der Waals surface area contributed by atoms with Crippen LogP contribution >= 0.6 is 0 Å². The fourth-order valence-electron chi connectivity index (χ4n) is 3.47. The van der Waals surface area contributed by atoms with Gasteiger partial charge in [-0.15, -0.1) is 0 Å². The topological polar surface area (TPSA) is 66.7 Å². The molecule has 2 heterocycles. The Bertz CT molecular complexity index is 613. The molecule has 0 fully saturated rings. The van der Waals surface area contributed by atoms with Crippen LogP contribution in [0.15, 0.2) is 12.4 Å². The van der Waals surface area contributed by atoms with Crippen molar-refractivity contribution in [1.29, 1.82) is 0 Å². The summed E-state index contributed by atoms with van der Waals surface area (Å²) in [4.78, 5) is 4.16. The summed E-state index contributed by atoms with van der Waals surface area (Å²) in [7, 11) is 0. The molecule has 0 saturated carbocycles. The Kier molecular flexibility index (Phi) is 3.61. The van der Waals surface area contributed by atoms with Gasteiger partial charge in [0.25, 0.3) is 0 Å². The van der Waals surface area contributed by atoms with Crippen molar-refractivity contribution in [3.63, 3.8) is 0 Å². The molecule has 21 heavy (non-hydrogen) atoms. The minimum Gasteiger partial charge on any atom is -0.388 e. The Morgan fingerprint density at radius 3 is 3.00 bits per heavy atom. The molecule has 114 valence electrons. The molecule has 0 spiro atoms. The molecular formula is C16H24N4O. The largest absolute Gasteiger partial charge is 0.388 e. The number of aryl methyl sites for hydroxylation is 2. The Balaban J connectivity index is 1.76. The minimum atomic E-state index is -0.321. The van der Waals surface area contributed by atoms with E-state index in [1.807, 2.05) is 0 Å². The van der Waals surface area contributed by atoms with Crippen molar-refractivity contribution in [3.05, 3.63) is 35.2 Å². The molecule has 1 unspecified atom stereocenters. The highest BCUT2D eigenvalue weighted by Gasteiger charge is 2.33. The number of H-pyrrole nitrogens is 1. The van der Waals surface area contributed by atoms with Crippen LogP contribution in [0.3, 0.4) is 0 Å². The second-order valence-electron chi connectivity index (χ2n) is 6.94. The predicted molar refractivity (Wildman–Crippen MR) is 80.9 cm³/mol. The molecule has 0 saturated heterocycles. The summed E-state index contributed by atoms with van der Waals surface area (Å²) in [5, 5.41) is 17.2. The van der Waals surface area contributed by atoms with Gasteiger partial charge in [-0.2, -0.15) is 5.10 Å². The van der Waals surface area contributed by atoms with Gasteiger partial charge < -0.3 is 9.67 Å². The number of hydrogen-bond donors (Lipinski definition) is 2. The summed E-state index contributed by atoms with van der Waals surface area (Å²) in [6, 6.07) is 2.16.